The van der Waals surface area contributed by atoms with Crippen molar-refractivity contribution in [3.05, 3.63) is 70.7 Å². The second-order valence-electron chi connectivity index (χ2n) is 9.15. The number of nitrogens with one attached hydrogen (secondary N) is 2. The molecular formula is C26H31FN6O. The average Bonchev–Trinajstić information content (AvgIpc) is 3.36. The number of benzene rings is 2. The average molecular weight is 463 g/mol. The Morgan fingerprint density at radius 3 is 2.68 bits per heavy atom. The van der Waals surface area contributed by atoms with E-state index in [-0.39, 0.29) is 12.5 Å². The van der Waals surface area contributed by atoms with Crippen molar-refractivity contribution < 1.29 is 4.39 Å². The highest BCUT2D eigenvalue weighted by Crippen LogP contribution is 2.41. The van der Waals surface area contributed by atoms with Gasteiger partial charge in [0, 0.05) is 18.7 Å². The fourth-order valence-electron chi connectivity index (χ4n) is 4.93. The van der Waals surface area contributed by atoms with Crippen molar-refractivity contribution in [3.63, 3.8) is 0 Å². The molecule has 178 valence electrons. The van der Waals surface area contributed by atoms with Crippen molar-refractivity contribution in [3.8, 4) is 11.3 Å². The predicted molar refractivity (Wildman–Crippen MR) is 134 cm³/mol. The molecule has 0 saturated carbocycles. The summed E-state index contributed by atoms with van der Waals surface area (Å²) in [6.07, 6.45) is 3.53. The Bertz CT molecular complexity index is 1150. The summed E-state index contributed by atoms with van der Waals surface area (Å²) in [7, 11) is 0. The van der Waals surface area contributed by atoms with Crippen LogP contribution in [0.3, 0.4) is 0 Å². The lowest BCUT2D eigenvalue weighted by Crippen LogP contribution is -2.50. The van der Waals surface area contributed by atoms with Crippen LogP contribution in [0.4, 0.5) is 21.8 Å². The molecule has 0 amide bonds. The van der Waals surface area contributed by atoms with E-state index in [0.29, 0.717) is 29.7 Å². The van der Waals surface area contributed by atoms with E-state index in [9.17, 15) is 9.60 Å². The molecule has 1 fully saturated rings. The van der Waals surface area contributed by atoms with Gasteiger partial charge in [0.25, 0.3) is 0 Å². The van der Waals surface area contributed by atoms with Crippen LogP contribution in [0, 0.1) is 17.9 Å². The molecule has 0 spiro atoms. The van der Waals surface area contributed by atoms with Gasteiger partial charge in [-0.2, -0.15) is 4.98 Å². The van der Waals surface area contributed by atoms with Crippen molar-refractivity contribution in [1.29, 1.82) is 0 Å². The number of aryl methyl sites for hydroxylation is 1. The van der Waals surface area contributed by atoms with Gasteiger partial charge in [-0.3, -0.25) is 9.96 Å². The third-order valence-corrected chi connectivity index (χ3v) is 6.71. The van der Waals surface area contributed by atoms with E-state index in [1.54, 1.807) is 6.07 Å². The fraction of sp³-hybridized carbons (Fsp3) is 0.385. The van der Waals surface area contributed by atoms with Gasteiger partial charge in [0.15, 0.2) is 0 Å². The summed E-state index contributed by atoms with van der Waals surface area (Å²) in [5.74, 6) is 0.580. The number of likely N-dealkylation sites (tertiary alicyclic amines) is 1. The smallest absolute Gasteiger partial charge is 0.243 e. The SMILES string of the molecule is Cc1cc(F)ccc1-c1nc(NCCCN2CCCC2)nc2c1CNC[N+]2([O-])c1ccccc1. The number of quaternary nitrogens is 1. The van der Waals surface area contributed by atoms with Gasteiger partial charge < -0.3 is 15.4 Å². The van der Waals surface area contributed by atoms with Crippen molar-refractivity contribution in [2.24, 2.45) is 0 Å². The van der Waals surface area contributed by atoms with E-state index in [1.165, 1.54) is 38.1 Å². The van der Waals surface area contributed by atoms with Crippen LogP contribution in [-0.2, 0) is 6.54 Å². The lowest BCUT2D eigenvalue weighted by molar-refractivity contribution is 0.337. The first kappa shape index (κ1) is 22.9. The number of rotatable bonds is 7. The zero-order valence-electron chi connectivity index (χ0n) is 19.6. The van der Waals surface area contributed by atoms with Crippen LogP contribution in [0.15, 0.2) is 48.5 Å². The summed E-state index contributed by atoms with van der Waals surface area (Å²) in [6, 6.07) is 14.0. The maximum absolute atomic E-state index is 14.2. The Balaban J connectivity index is 1.53. The normalized spacial score (nSPS) is 20.3. The Labute approximate surface area is 199 Å². The summed E-state index contributed by atoms with van der Waals surface area (Å²) in [4.78, 5) is 12.1. The molecule has 0 bridgehead atoms. The third-order valence-electron chi connectivity index (χ3n) is 6.71. The first-order valence-corrected chi connectivity index (χ1v) is 12.0. The molecule has 1 aromatic heterocycles. The second kappa shape index (κ2) is 9.76. The Kier molecular flexibility index (Phi) is 6.56. The van der Waals surface area contributed by atoms with Gasteiger partial charge in [-0.1, -0.05) is 18.2 Å². The van der Waals surface area contributed by atoms with Crippen LogP contribution in [0.25, 0.3) is 11.3 Å². The first-order chi connectivity index (χ1) is 16.5. The van der Waals surface area contributed by atoms with Crippen molar-refractivity contribution in [2.75, 3.05) is 38.2 Å². The number of aromatic nitrogens is 2. The van der Waals surface area contributed by atoms with Crippen LogP contribution >= 0.6 is 0 Å². The number of halogens is 1. The van der Waals surface area contributed by atoms with Crippen molar-refractivity contribution in [1.82, 2.24) is 24.8 Å². The highest BCUT2D eigenvalue weighted by molar-refractivity contribution is 5.75. The van der Waals surface area contributed by atoms with Gasteiger partial charge >= 0.3 is 0 Å². The van der Waals surface area contributed by atoms with Crippen LogP contribution in [0.5, 0.6) is 0 Å². The number of fused-ring (bicyclic) bond motifs is 1. The first-order valence-electron chi connectivity index (χ1n) is 12.0. The minimum absolute atomic E-state index is 0.185. The van der Waals surface area contributed by atoms with Crippen LogP contribution in [0.1, 0.15) is 30.4 Å². The maximum atomic E-state index is 14.2. The van der Waals surface area contributed by atoms with Crippen molar-refractivity contribution in [2.45, 2.75) is 32.7 Å². The second-order valence-corrected chi connectivity index (χ2v) is 9.15. The molecule has 5 rings (SSSR count). The minimum atomic E-state index is -0.714. The molecule has 1 unspecified atom stereocenters. The summed E-state index contributed by atoms with van der Waals surface area (Å²) in [6.45, 7) is 6.63. The quantitative estimate of drug-likeness (QED) is 0.302. The number of para-hydroxylation sites is 1. The van der Waals surface area contributed by atoms with Gasteiger partial charge in [-0.05, 0) is 81.7 Å². The standard InChI is InChI=1S/C26H31FN6O/c1-19-16-20(27)10-11-22(19)24-23-17-28-18-33(34,21-8-3-2-4-9-21)25(23)31-26(30-24)29-12-7-15-32-13-5-6-14-32/h2-4,8-11,16,28H,5-7,12-15,17-18H2,1H3,(H,29,30,31). The summed E-state index contributed by atoms with van der Waals surface area (Å²) in [5.41, 5.74) is 3.61. The Hall–Kier alpha value is -2.91. The summed E-state index contributed by atoms with van der Waals surface area (Å²) < 4.78 is 13.1. The number of hydrogen-bond acceptors (Lipinski definition) is 6. The zero-order valence-corrected chi connectivity index (χ0v) is 19.6. The largest absolute Gasteiger partial charge is 0.620 e. The molecular weight excluding hydrogens is 431 g/mol. The molecule has 3 aromatic rings. The molecule has 0 radical (unpaired) electrons. The van der Waals surface area contributed by atoms with Crippen molar-refractivity contribution >= 4 is 17.5 Å². The molecule has 8 heteroatoms. The Morgan fingerprint density at radius 2 is 1.91 bits per heavy atom. The van der Waals surface area contributed by atoms with E-state index in [1.807, 2.05) is 37.3 Å². The van der Waals surface area contributed by atoms with Crippen LogP contribution in [0.2, 0.25) is 0 Å². The molecule has 2 aliphatic rings. The summed E-state index contributed by atoms with van der Waals surface area (Å²) in [5, 5.41) is 20.8. The molecule has 3 heterocycles. The molecule has 0 aliphatic carbocycles. The number of nitrogens with zero attached hydrogens (tertiary/aromatic N) is 4. The molecule has 1 saturated heterocycles. The van der Waals surface area contributed by atoms with E-state index in [4.69, 9.17) is 9.97 Å². The Morgan fingerprint density at radius 1 is 1.12 bits per heavy atom. The number of anilines is 1. The van der Waals surface area contributed by atoms with Gasteiger partial charge in [-0.15, -0.1) is 0 Å². The van der Waals surface area contributed by atoms with E-state index in [2.05, 4.69) is 15.5 Å². The number of hydrogen-bond donors (Lipinski definition) is 2. The lowest BCUT2D eigenvalue weighted by Gasteiger charge is -2.44. The van der Waals surface area contributed by atoms with Gasteiger partial charge in [-0.25, -0.2) is 9.37 Å². The minimum Gasteiger partial charge on any atom is -0.620 e. The van der Waals surface area contributed by atoms with Gasteiger partial charge in [0.05, 0.1) is 11.3 Å². The number of hydroxylamine groups is 1. The topological polar surface area (TPSA) is 76.1 Å². The highest BCUT2D eigenvalue weighted by Gasteiger charge is 2.35. The molecule has 2 N–H and O–H groups in total. The molecule has 34 heavy (non-hydrogen) atoms. The van der Waals surface area contributed by atoms with Gasteiger partial charge in [0.1, 0.15) is 18.2 Å². The van der Waals surface area contributed by atoms with Crippen LogP contribution in [-0.4, -0.2) is 47.7 Å². The predicted octanol–water partition coefficient (Wildman–Crippen LogP) is 4.69. The molecule has 2 aromatic carbocycles. The maximum Gasteiger partial charge on any atom is 0.243 e. The van der Waals surface area contributed by atoms with E-state index >= 15 is 0 Å². The zero-order chi connectivity index (χ0) is 23.5. The van der Waals surface area contributed by atoms with E-state index in [0.717, 1.165) is 36.2 Å². The summed E-state index contributed by atoms with van der Waals surface area (Å²) >= 11 is 0. The molecule has 7 nitrogen and oxygen atoms in total. The third kappa shape index (κ3) is 4.54. The highest BCUT2D eigenvalue weighted by atomic mass is 19.1. The monoisotopic (exact) mass is 462 g/mol. The van der Waals surface area contributed by atoms with E-state index < -0.39 is 4.65 Å². The molecule has 2 aliphatic heterocycles. The van der Waals surface area contributed by atoms with Gasteiger partial charge in [0.2, 0.25) is 11.8 Å². The lowest BCUT2D eigenvalue weighted by atomic mass is 10.00. The molecule has 1 atom stereocenters. The fourth-order valence-corrected chi connectivity index (χ4v) is 4.93. The van der Waals surface area contributed by atoms with Crippen LogP contribution < -0.4 is 15.3 Å².